The molecule has 0 saturated carbocycles. The number of hydrogen-bond donors (Lipinski definition) is 0. The quantitative estimate of drug-likeness (QED) is 0.560. The lowest BCUT2D eigenvalue weighted by Gasteiger charge is -2.36. The number of anilines is 1. The first kappa shape index (κ1) is 19.2. The van der Waals surface area contributed by atoms with Crippen LogP contribution in [-0.2, 0) is 6.42 Å². The molecule has 3 aromatic rings. The first-order valence-corrected chi connectivity index (χ1v) is 10.1. The van der Waals surface area contributed by atoms with E-state index in [1.54, 1.807) is 6.07 Å². The van der Waals surface area contributed by atoms with Gasteiger partial charge in [0, 0.05) is 22.5 Å². The lowest BCUT2D eigenvalue weighted by Crippen LogP contribution is -2.33. The van der Waals surface area contributed by atoms with Gasteiger partial charge in [-0.1, -0.05) is 37.0 Å². The smallest absolute Gasteiger partial charge is 0.268 e. The fraction of sp³-hybridized carbons (Fsp3) is 0.400. The Labute approximate surface area is 173 Å². The van der Waals surface area contributed by atoms with Crippen molar-refractivity contribution in [3.63, 3.8) is 0 Å². The van der Waals surface area contributed by atoms with E-state index in [4.69, 9.17) is 27.6 Å². The van der Waals surface area contributed by atoms with Crippen LogP contribution in [-0.4, -0.2) is 26.9 Å². The predicted molar refractivity (Wildman–Crippen MR) is 110 cm³/mol. The van der Waals surface area contributed by atoms with Crippen LogP contribution in [0.2, 0.25) is 10.0 Å². The van der Waals surface area contributed by atoms with Gasteiger partial charge in [-0.05, 0) is 49.6 Å². The van der Waals surface area contributed by atoms with Gasteiger partial charge in [0.25, 0.3) is 5.89 Å². The molecule has 1 aliphatic rings. The molecular formula is C20H21Cl2N5O. The van der Waals surface area contributed by atoms with Gasteiger partial charge in [0.1, 0.15) is 0 Å². The van der Waals surface area contributed by atoms with E-state index in [0.717, 1.165) is 36.3 Å². The van der Waals surface area contributed by atoms with E-state index in [0.29, 0.717) is 27.5 Å². The molecule has 0 N–H and O–H groups in total. The van der Waals surface area contributed by atoms with Crippen molar-refractivity contribution in [3.8, 4) is 11.6 Å². The van der Waals surface area contributed by atoms with Gasteiger partial charge < -0.3 is 9.32 Å². The fourth-order valence-electron chi connectivity index (χ4n) is 3.45. The normalized spacial score (nSPS) is 15.0. The molecule has 0 saturated heterocycles. The maximum absolute atomic E-state index is 6.45. The molecule has 1 atom stereocenters. The van der Waals surface area contributed by atoms with Crippen molar-refractivity contribution in [3.05, 3.63) is 51.5 Å². The van der Waals surface area contributed by atoms with E-state index in [9.17, 15) is 0 Å². The third-order valence-corrected chi connectivity index (χ3v) is 5.58. The highest BCUT2D eigenvalue weighted by atomic mass is 35.5. The number of aryl methyl sites for hydroxylation is 1. The lowest BCUT2D eigenvalue weighted by molar-refractivity contribution is 0.479. The molecule has 0 spiro atoms. The summed E-state index contributed by atoms with van der Waals surface area (Å²) in [6.45, 7) is 7.03. The summed E-state index contributed by atoms with van der Waals surface area (Å²) >= 11 is 12.7. The van der Waals surface area contributed by atoms with E-state index in [-0.39, 0.29) is 12.0 Å². The molecule has 0 radical (unpaired) electrons. The van der Waals surface area contributed by atoms with Gasteiger partial charge in [0.15, 0.2) is 5.69 Å². The molecule has 6 nitrogen and oxygen atoms in total. The summed E-state index contributed by atoms with van der Waals surface area (Å²) in [7, 11) is 0. The van der Waals surface area contributed by atoms with Crippen LogP contribution in [0.15, 0.2) is 28.7 Å². The van der Waals surface area contributed by atoms with Crippen molar-refractivity contribution in [1.82, 2.24) is 20.4 Å². The van der Waals surface area contributed by atoms with Gasteiger partial charge in [-0.25, -0.2) is 0 Å². The van der Waals surface area contributed by atoms with Crippen molar-refractivity contribution >= 4 is 28.9 Å². The number of fused-ring (bicyclic) bond motifs is 1. The van der Waals surface area contributed by atoms with Crippen molar-refractivity contribution in [2.45, 2.75) is 45.6 Å². The van der Waals surface area contributed by atoms with Crippen molar-refractivity contribution in [2.24, 2.45) is 0 Å². The highest BCUT2D eigenvalue weighted by Crippen LogP contribution is 2.37. The van der Waals surface area contributed by atoms with Gasteiger partial charge in [0.2, 0.25) is 5.89 Å². The first-order chi connectivity index (χ1) is 13.4. The molecule has 0 amide bonds. The number of halogens is 2. The lowest BCUT2D eigenvalue weighted by atomic mass is 10.0. The molecule has 0 fully saturated rings. The van der Waals surface area contributed by atoms with Crippen molar-refractivity contribution in [2.75, 3.05) is 11.4 Å². The van der Waals surface area contributed by atoms with Crippen molar-refractivity contribution < 1.29 is 4.42 Å². The van der Waals surface area contributed by atoms with Crippen LogP contribution < -0.4 is 4.90 Å². The molecule has 4 rings (SSSR count). The van der Waals surface area contributed by atoms with Crippen LogP contribution in [0.4, 0.5) is 5.69 Å². The molecule has 146 valence electrons. The highest BCUT2D eigenvalue weighted by molar-refractivity contribution is 6.33. The van der Waals surface area contributed by atoms with Crippen LogP contribution in [0.3, 0.4) is 0 Å². The van der Waals surface area contributed by atoms with Crippen LogP contribution in [0, 0.1) is 0 Å². The standard InChI is InChI=1S/C20H21Cl2N5O/c1-11(2)19-25-26-20(28-19)17-10-18-16(23-24-17)5-4-8-27(18)12(3)14-9-13(21)6-7-15(14)22/h6-7,9-12H,4-5,8H2,1-3H3. The Balaban J connectivity index is 1.72. The zero-order valence-corrected chi connectivity index (χ0v) is 17.5. The number of benzene rings is 1. The Morgan fingerprint density at radius 1 is 1.04 bits per heavy atom. The van der Waals surface area contributed by atoms with E-state index in [2.05, 4.69) is 32.2 Å². The van der Waals surface area contributed by atoms with Crippen molar-refractivity contribution in [1.29, 1.82) is 0 Å². The summed E-state index contributed by atoms with van der Waals surface area (Å²) in [6.07, 6.45) is 1.89. The number of rotatable bonds is 4. The molecule has 0 aliphatic carbocycles. The molecular weight excluding hydrogens is 397 g/mol. The van der Waals surface area contributed by atoms with Gasteiger partial charge in [0.05, 0.1) is 17.4 Å². The highest BCUT2D eigenvalue weighted by Gasteiger charge is 2.27. The zero-order valence-electron chi connectivity index (χ0n) is 16.0. The van der Waals surface area contributed by atoms with E-state index in [1.165, 1.54) is 0 Å². The average Bonchev–Trinajstić information content (AvgIpc) is 3.19. The first-order valence-electron chi connectivity index (χ1n) is 9.36. The summed E-state index contributed by atoms with van der Waals surface area (Å²) in [5.74, 6) is 1.14. The Hall–Kier alpha value is -2.18. The van der Waals surface area contributed by atoms with E-state index in [1.807, 2.05) is 32.0 Å². The molecule has 0 bridgehead atoms. The molecule has 8 heteroatoms. The fourth-order valence-corrected chi connectivity index (χ4v) is 3.91. The van der Waals surface area contributed by atoms with Gasteiger partial charge in [-0.2, -0.15) is 5.10 Å². The SMILES string of the molecule is CC(C)c1nnc(-c2cc3c(nn2)CCCN3C(C)c2cc(Cl)ccc2Cl)o1. The Morgan fingerprint density at radius 3 is 2.61 bits per heavy atom. The summed E-state index contributed by atoms with van der Waals surface area (Å²) in [5.41, 5.74) is 3.54. The molecule has 2 aromatic heterocycles. The number of nitrogens with zero attached hydrogens (tertiary/aromatic N) is 5. The molecule has 1 aromatic carbocycles. The van der Waals surface area contributed by atoms with E-state index < -0.39 is 0 Å². The minimum atomic E-state index is 0.0382. The second kappa shape index (κ2) is 7.68. The Morgan fingerprint density at radius 2 is 1.86 bits per heavy atom. The molecule has 1 unspecified atom stereocenters. The van der Waals surface area contributed by atoms with Crippen LogP contribution in [0.25, 0.3) is 11.6 Å². The van der Waals surface area contributed by atoms with Crippen LogP contribution in [0.5, 0.6) is 0 Å². The van der Waals surface area contributed by atoms with Gasteiger partial charge in [-0.3, -0.25) is 0 Å². The third kappa shape index (κ3) is 3.59. The summed E-state index contributed by atoms with van der Waals surface area (Å²) in [6, 6.07) is 7.58. The molecule has 28 heavy (non-hydrogen) atoms. The van der Waals surface area contributed by atoms with Gasteiger partial charge in [-0.15, -0.1) is 15.3 Å². The molecule has 1 aliphatic heterocycles. The zero-order chi connectivity index (χ0) is 19.8. The minimum Gasteiger partial charge on any atom is -0.419 e. The largest absolute Gasteiger partial charge is 0.419 e. The minimum absolute atomic E-state index is 0.0382. The van der Waals surface area contributed by atoms with Gasteiger partial charge >= 0.3 is 0 Å². The predicted octanol–water partition coefficient (Wildman–Crippen LogP) is 5.47. The van der Waals surface area contributed by atoms with E-state index >= 15 is 0 Å². The van der Waals surface area contributed by atoms with Crippen LogP contribution in [0.1, 0.15) is 56.3 Å². The average molecular weight is 418 g/mol. The summed E-state index contributed by atoms with van der Waals surface area (Å²) < 4.78 is 5.76. The second-order valence-corrected chi connectivity index (χ2v) is 8.14. The monoisotopic (exact) mass is 417 g/mol. The maximum Gasteiger partial charge on any atom is 0.268 e. The number of aromatic nitrogens is 4. The maximum atomic E-state index is 6.45. The molecule has 3 heterocycles. The van der Waals surface area contributed by atoms with Crippen LogP contribution >= 0.6 is 23.2 Å². The summed E-state index contributed by atoms with van der Waals surface area (Å²) in [5, 5.41) is 18.4. The summed E-state index contributed by atoms with van der Waals surface area (Å²) in [4.78, 5) is 2.29. The Kier molecular flexibility index (Phi) is 5.25. The topological polar surface area (TPSA) is 67.9 Å². The third-order valence-electron chi connectivity index (χ3n) is 5.00. The Bertz CT molecular complexity index is 1000. The second-order valence-electron chi connectivity index (χ2n) is 7.30. The number of hydrogen-bond acceptors (Lipinski definition) is 6.